The van der Waals surface area contributed by atoms with Gasteiger partial charge in [-0.3, -0.25) is 9.78 Å². The highest BCUT2D eigenvalue weighted by Gasteiger charge is 2.17. The van der Waals surface area contributed by atoms with Crippen LogP contribution in [0.1, 0.15) is 0 Å². The van der Waals surface area contributed by atoms with Gasteiger partial charge in [-0.2, -0.15) is 10.2 Å². The summed E-state index contributed by atoms with van der Waals surface area (Å²) in [6, 6.07) is 8.19. The summed E-state index contributed by atoms with van der Waals surface area (Å²) >= 11 is 1.69. The number of fused-ring (bicyclic) bond motifs is 2. The normalized spacial score (nSPS) is 11.6. The van der Waals surface area contributed by atoms with Crippen LogP contribution in [0, 0.1) is 0 Å². The van der Waals surface area contributed by atoms with Crippen molar-refractivity contribution in [1.29, 1.82) is 0 Å². The first-order valence-electron chi connectivity index (χ1n) is 8.98. The molecule has 0 aromatic carbocycles. The smallest absolute Gasteiger partial charge is 0.181 e. The lowest BCUT2D eigenvalue weighted by atomic mass is 10.1. The van der Waals surface area contributed by atoms with Gasteiger partial charge in [-0.25, -0.2) is 15.0 Å². The van der Waals surface area contributed by atoms with Crippen LogP contribution in [0.2, 0.25) is 0 Å². The van der Waals surface area contributed by atoms with Gasteiger partial charge < -0.3 is 4.98 Å². The summed E-state index contributed by atoms with van der Waals surface area (Å²) in [5.41, 5.74) is 6.06. The third-order valence-corrected chi connectivity index (χ3v) is 5.77. The van der Waals surface area contributed by atoms with Gasteiger partial charge in [-0.05, 0) is 23.6 Å². The minimum Gasteiger partial charge on any atom is -0.335 e. The molecule has 0 radical (unpaired) electrons. The number of aryl methyl sites for hydroxylation is 1. The zero-order valence-electron chi connectivity index (χ0n) is 15.3. The Bertz CT molecular complexity index is 1470. The highest BCUT2D eigenvalue weighted by Crippen LogP contribution is 2.33. The first kappa shape index (κ1) is 16.1. The summed E-state index contributed by atoms with van der Waals surface area (Å²) in [5.74, 6) is 0.684. The molecule has 0 spiro atoms. The number of thiophene rings is 1. The van der Waals surface area contributed by atoms with Crippen molar-refractivity contribution in [2.75, 3.05) is 0 Å². The SMILES string of the molecule is Cn1cc(-c2cnc3n[nH]c(-c4nc5nccc(-c6cccs6)c5[nH]4)c3c2)cn1. The van der Waals surface area contributed by atoms with Gasteiger partial charge in [-0.15, -0.1) is 11.3 Å². The molecular weight excluding hydrogens is 384 g/mol. The Labute approximate surface area is 168 Å². The minimum atomic E-state index is 0.638. The number of aromatic nitrogens is 8. The van der Waals surface area contributed by atoms with Gasteiger partial charge >= 0.3 is 0 Å². The van der Waals surface area contributed by atoms with Crippen LogP contribution in [-0.4, -0.2) is 39.9 Å². The Hall–Kier alpha value is -3.85. The highest BCUT2D eigenvalue weighted by atomic mass is 32.1. The number of hydrogen-bond donors (Lipinski definition) is 2. The van der Waals surface area contributed by atoms with Gasteiger partial charge in [0.25, 0.3) is 0 Å². The second kappa shape index (κ2) is 6.08. The molecule has 0 atom stereocenters. The zero-order chi connectivity index (χ0) is 19.4. The van der Waals surface area contributed by atoms with E-state index in [1.54, 1.807) is 28.4 Å². The average Bonchev–Trinajstić information content (AvgIpc) is 3.51. The fourth-order valence-corrected chi connectivity index (χ4v) is 4.23. The number of imidazole rings is 1. The number of pyridine rings is 2. The van der Waals surface area contributed by atoms with Crippen LogP contribution in [-0.2, 0) is 7.05 Å². The molecule has 0 amide bonds. The van der Waals surface area contributed by atoms with Gasteiger partial charge in [0.1, 0.15) is 5.69 Å². The van der Waals surface area contributed by atoms with Crippen molar-refractivity contribution < 1.29 is 0 Å². The monoisotopic (exact) mass is 398 g/mol. The standard InChI is InChI=1S/C20H14N8S/c1-28-10-12(9-23-28)11-7-14-17(26-27-18(14)22-8-11)20-24-16-13(15-3-2-6-29-15)4-5-21-19(16)25-20/h2-10H,1H3,(H,21,24,25)(H,22,26,27). The average molecular weight is 398 g/mol. The molecule has 6 heterocycles. The lowest BCUT2D eigenvalue weighted by Crippen LogP contribution is -1.85. The van der Waals surface area contributed by atoms with Crippen LogP contribution in [0.4, 0.5) is 0 Å². The number of nitrogens with zero attached hydrogens (tertiary/aromatic N) is 6. The van der Waals surface area contributed by atoms with E-state index in [1.165, 1.54) is 4.88 Å². The van der Waals surface area contributed by atoms with Crippen LogP contribution in [0.15, 0.2) is 54.4 Å². The Morgan fingerprint density at radius 2 is 2.03 bits per heavy atom. The predicted octanol–water partition coefficient (Wildman–Crippen LogP) is 4.03. The van der Waals surface area contributed by atoms with Crippen molar-refractivity contribution in [3.8, 4) is 33.1 Å². The van der Waals surface area contributed by atoms with E-state index < -0.39 is 0 Å². The third kappa shape index (κ3) is 2.55. The van der Waals surface area contributed by atoms with Gasteiger partial charge in [0.05, 0.1) is 17.1 Å². The van der Waals surface area contributed by atoms with Gasteiger partial charge in [0, 0.05) is 47.2 Å². The first-order chi connectivity index (χ1) is 14.3. The first-order valence-corrected chi connectivity index (χ1v) is 9.86. The fraction of sp³-hybridized carbons (Fsp3) is 0.0500. The summed E-state index contributed by atoms with van der Waals surface area (Å²) in [5, 5.41) is 14.6. The van der Waals surface area contributed by atoms with E-state index in [0.29, 0.717) is 17.1 Å². The van der Waals surface area contributed by atoms with Gasteiger partial charge in [0.2, 0.25) is 0 Å². The second-order valence-electron chi connectivity index (χ2n) is 6.72. The lowest BCUT2D eigenvalue weighted by molar-refractivity contribution is 0.768. The molecule has 0 aliphatic heterocycles. The highest BCUT2D eigenvalue weighted by molar-refractivity contribution is 7.13. The number of rotatable bonds is 3. The van der Waals surface area contributed by atoms with Crippen molar-refractivity contribution in [3.63, 3.8) is 0 Å². The molecule has 9 heteroatoms. The molecule has 29 heavy (non-hydrogen) atoms. The quantitative estimate of drug-likeness (QED) is 0.469. The Kier molecular flexibility index (Phi) is 3.38. The molecule has 6 aromatic heterocycles. The maximum Gasteiger partial charge on any atom is 0.181 e. The summed E-state index contributed by atoms with van der Waals surface area (Å²) < 4.78 is 1.77. The van der Waals surface area contributed by atoms with Crippen LogP contribution < -0.4 is 0 Å². The van der Waals surface area contributed by atoms with Crippen LogP contribution >= 0.6 is 11.3 Å². The predicted molar refractivity (Wildman–Crippen MR) is 112 cm³/mol. The molecule has 0 bridgehead atoms. The van der Waals surface area contributed by atoms with E-state index in [-0.39, 0.29) is 0 Å². The van der Waals surface area contributed by atoms with Crippen molar-refractivity contribution in [3.05, 3.63) is 54.4 Å². The summed E-state index contributed by atoms with van der Waals surface area (Å²) in [6.07, 6.45) is 7.37. The van der Waals surface area contributed by atoms with Gasteiger partial charge in [-0.1, -0.05) is 6.07 Å². The van der Waals surface area contributed by atoms with Crippen LogP contribution in [0.5, 0.6) is 0 Å². The zero-order valence-corrected chi connectivity index (χ0v) is 16.1. The Morgan fingerprint density at radius 1 is 1.07 bits per heavy atom. The van der Waals surface area contributed by atoms with Crippen LogP contribution in [0.3, 0.4) is 0 Å². The molecule has 0 unspecified atom stereocenters. The van der Waals surface area contributed by atoms with E-state index >= 15 is 0 Å². The van der Waals surface area contributed by atoms with Crippen molar-refractivity contribution in [1.82, 2.24) is 39.9 Å². The number of nitrogens with one attached hydrogen (secondary N) is 2. The maximum absolute atomic E-state index is 4.70. The van der Waals surface area contributed by atoms with Crippen LogP contribution in [0.25, 0.3) is 55.3 Å². The minimum absolute atomic E-state index is 0.638. The number of H-pyrrole nitrogens is 2. The van der Waals surface area contributed by atoms with Crippen molar-refractivity contribution >= 4 is 33.5 Å². The van der Waals surface area contributed by atoms with E-state index in [9.17, 15) is 0 Å². The molecular formula is C20H14N8S. The topological polar surface area (TPSA) is 101 Å². The lowest BCUT2D eigenvalue weighted by Gasteiger charge is -1.98. The van der Waals surface area contributed by atoms with Crippen molar-refractivity contribution in [2.24, 2.45) is 7.05 Å². The molecule has 2 N–H and O–H groups in total. The summed E-state index contributed by atoms with van der Waals surface area (Å²) in [4.78, 5) is 18.2. The third-order valence-electron chi connectivity index (χ3n) is 4.86. The Morgan fingerprint density at radius 3 is 2.86 bits per heavy atom. The number of aromatic amines is 2. The fourth-order valence-electron chi connectivity index (χ4n) is 3.47. The van der Waals surface area contributed by atoms with E-state index in [1.807, 2.05) is 31.6 Å². The van der Waals surface area contributed by atoms with Crippen molar-refractivity contribution in [2.45, 2.75) is 0 Å². The molecule has 6 rings (SSSR count). The maximum atomic E-state index is 4.70. The molecule has 0 saturated carbocycles. The molecule has 6 aromatic rings. The second-order valence-corrected chi connectivity index (χ2v) is 7.66. The molecule has 0 aliphatic rings. The largest absolute Gasteiger partial charge is 0.335 e. The summed E-state index contributed by atoms with van der Waals surface area (Å²) in [7, 11) is 1.89. The van der Waals surface area contributed by atoms with E-state index in [0.717, 1.165) is 33.3 Å². The molecule has 140 valence electrons. The molecule has 0 saturated heterocycles. The molecule has 0 aliphatic carbocycles. The summed E-state index contributed by atoms with van der Waals surface area (Å²) in [6.45, 7) is 0. The molecule has 8 nitrogen and oxygen atoms in total. The van der Waals surface area contributed by atoms with Gasteiger partial charge in [0.15, 0.2) is 17.1 Å². The molecule has 0 fully saturated rings. The number of hydrogen-bond acceptors (Lipinski definition) is 6. The Balaban J connectivity index is 1.53. The van der Waals surface area contributed by atoms with E-state index in [2.05, 4.69) is 47.8 Å². The van der Waals surface area contributed by atoms with E-state index in [4.69, 9.17) is 4.98 Å².